The third-order valence-corrected chi connectivity index (χ3v) is 11.9. The van der Waals surface area contributed by atoms with E-state index in [0.29, 0.717) is 32.1 Å². The molecule has 214 valence electrons. The first kappa shape index (κ1) is 29.5. The van der Waals surface area contributed by atoms with Crippen molar-refractivity contribution in [2.24, 2.45) is 11.8 Å². The smallest absolute Gasteiger partial charge is 0.239 e. The van der Waals surface area contributed by atoms with E-state index in [-0.39, 0.29) is 54.7 Å². The molecular formula is C26H37F3N2O5S2. The van der Waals surface area contributed by atoms with Gasteiger partial charge in [-0.1, -0.05) is 0 Å². The van der Waals surface area contributed by atoms with Crippen LogP contribution in [-0.2, 0) is 36.8 Å². The summed E-state index contributed by atoms with van der Waals surface area (Å²) in [7, 11) is -5.01. The maximum Gasteiger partial charge on any atom is 0.239 e. The molecule has 3 heterocycles. The Morgan fingerprint density at radius 2 is 1.63 bits per heavy atom. The van der Waals surface area contributed by atoms with E-state index in [0.717, 1.165) is 18.9 Å². The molecule has 3 aliphatic heterocycles. The molecule has 0 aliphatic carbocycles. The van der Waals surface area contributed by atoms with Gasteiger partial charge in [-0.3, -0.25) is 9.00 Å². The molecule has 1 aromatic carbocycles. The second kappa shape index (κ2) is 11.5. The van der Waals surface area contributed by atoms with Gasteiger partial charge >= 0.3 is 0 Å². The Balaban J connectivity index is 1.50. The molecule has 2 bridgehead atoms. The van der Waals surface area contributed by atoms with Crippen molar-refractivity contribution in [1.29, 1.82) is 0 Å². The quantitative estimate of drug-likeness (QED) is 0.443. The van der Waals surface area contributed by atoms with Crippen LogP contribution in [0.1, 0.15) is 52.0 Å². The van der Waals surface area contributed by atoms with E-state index >= 15 is 0 Å². The Morgan fingerprint density at radius 1 is 1.05 bits per heavy atom. The predicted octanol–water partition coefficient (Wildman–Crippen LogP) is 3.24. The van der Waals surface area contributed by atoms with Gasteiger partial charge in [0.2, 0.25) is 15.9 Å². The standard InChI is InChI=1S/C26H37F3N2O5S2/c1-26(2,3)37(33)15-19(10-18-13-23(28)24(29)14-22(18)27)17-11-20-4-5-21(12-17)31(20)25(32)16-38(34,35)30-6-8-36-9-7-30/h13-14,17,19-21H,4-12,15-16H2,1-3H3/t17?,19-,20-,21+,37+/m0/s1. The van der Waals surface area contributed by atoms with Gasteiger partial charge in [-0.15, -0.1) is 0 Å². The minimum Gasteiger partial charge on any atom is -0.379 e. The highest BCUT2D eigenvalue weighted by Gasteiger charge is 2.46. The average Bonchev–Trinajstić information content (AvgIpc) is 3.11. The van der Waals surface area contributed by atoms with Crippen molar-refractivity contribution in [2.75, 3.05) is 37.8 Å². The Kier molecular flexibility index (Phi) is 8.96. The summed E-state index contributed by atoms with van der Waals surface area (Å²) < 4.78 is 86.9. The minimum atomic E-state index is -3.75. The first-order valence-electron chi connectivity index (χ1n) is 13.1. The summed E-state index contributed by atoms with van der Waals surface area (Å²) in [6.45, 7) is 6.66. The van der Waals surface area contributed by atoms with Crippen molar-refractivity contribution in [3.8, 4) is 0 Å². The summed E-state index contributed by atoms with van der Waals surface area (Å²) in [5.41, 5.74) is 0.0438. The van der Waals surface area contributed by atoms with Crippen LogP contribution in [0.3, 0.4) is 0 Å². The number of carbonyl (C=O) groups is 1. The highest BCUT2D eigenvalue weighted by Crippen LogP contribution is 2.43. The molecule has 4 rings (SSSR count). The molecule has 7 nitrogen and oxygen atoms in total. The maximum atomic E-state index is 14.6. The van der Waals surface area contributed by atoms with E-state index in [1.165, 1.54) is 4.31 Å². The van der Waals surface area contributed by atoms with E-state index in [4.69, 9.17) is 4.74 Å². The van der Waals surface area contributed by atoms with Gasteiger partial charge in [0, 0.05) is 52.5 Å². The lowest BCUT2D eigenvalue weighted by Gasteiger charge is -2.42. The Bertz CT molecular complexity index is 1150. The van der Waals surface area contributed by atoms with Crippen LogP contribution in [0.2, 0.25) is 0 Å². The van der Waals surface area contributed by atoms with Crippen molar-refractivity contribution in [3.63, 3.8) is 0 Å². The zero-order valence-electron chi connectivity index (χ0n) is 22.1. The third-order valence-electron chi connectivity index (χ3n) is 8.01. The number of piperidine rings is 1. The van der Waals surface area contributed by atoms with Crippen molar-refractivity contribution < 1.29 is 35.3 Å². The second-order valence-electron chi connectivity index (χ2n) is 11.6. The van der Waals surface area contributed by atoms with Gasteiger partial charge in [-0.05, 0) is 76.3 Å². The van der Waals surface area contributed by atoms with Crippen molar-refractivity contribution in [2.45, 2.75) is 69.7 Å². The van der Waals surface area contributed by atoms with E-state index in [2.05, 4.69) is 0 Å². The van der Waals surface area contributed by atoms with E-state index in [1.807, 2.05) is 20.8 Å². The number of amides is 1. The predicted molar refractivity (Wildman–Crippen MR) is 139 cm³/mol. The Hall–Kier alpha value is -1.50. The molecule has 1 aromatic rings. The summed E-state index contributed by atoms with van der Waals surface area (Å²) in [5.74, 6) is -4.23. The van der Waals surface area contributed by atoms with Crippen LogP contribution in [0.4, 0.5) is 13.2 Å². The fourth-order valence-corrected chi connectivity index (χ4v) is 8.59. The lowest BCUT2D eigenvalue weighted by Crippen LogP contribution is -2.52. The number of sulfonamides is 1. The highest BCUT2D eigenvalue weighted by molar-refractivity contribution is 7.89. The second-order valence-corrected chi connectivity index (χ2v) is 15.8. The number of rotatable bonds is 8. The molecule has 0 aromatic heterocycles. The van der Waals surface area contributed by atoms with Gasteiger partial charge in [0.1, 0.15) is 11.6 Å². The molecule has 3 saturated heterocycles. The average molecular weight is 579 g/mol. The number of carbonyl (C=O) groups excluding carboxylic acids is 1. The number of benzene rings is 1. The molecule has 0 saturated carbocycles. The van der Waals surface area contributed by atoms with Crippen LogP contribution < -0.4 is 0 Å². The normalized spacial score (nSPS) is 26.4. The first-order chi connectivity index (χ1) is 17.8. The molecule has 5 atom stereocenters. The van der Waals surface area contributed by atoms with Gasteiger partial charge in [0.15, 0.2) is 11.6 Å². The third kappa shape index (κ3) is 6.62. The van der Waals surface area contributed by atoms with Crippen LogP contribution in [-0.4, -0.2) is 82.4 Å². The van der Waals surface area contributed by atoms with Crippen LogP contribution in [0.25, 0.3) is 0 Å². The molecule has 1 unspecified atom stereocenters. The summed E-state index contributed by atoms with van der Waals surface area (Å²) >= 11 is 0. The van der Waals surface area contributed by atoms with E-state index in [1.54, 1.807) is 4.90 Å². The lowest BCUT2D eigenvalue weighted by atomic mass is 9.78. The zero-order chi connectivity index (χ0) is 27.8. The van der Waals surface area contributed by atoms with Crippen LogP contribution in [0.15, 0.2) is 12.1 Å². The summed E-state index contributed by atoms with van der Waals surface area (Å²) in [6.07, 6.45) is 2.71. The molecule has 0 spiro atoms. The molecule has 0 radical (unpaired) electrons. The Morgan fingerprint density at radius 3 is 2.21 bits per heavy atom. The first-order valence-corrected chi connectivity index (χ1v) is 16.1. The van der Waals surface area contributed by atoms with Gasteiger partial charge in [-0.2, -0.15) is 4.31 Å². The largest absolute Gasteiger partial charge is 0.379 e. The number of halogens is 3. The molecule has 0 N–H and O–H groups in total. The summed E-state index contributed by atoms with van der Waals surface area (Å²) in [4.78, 5) is 14.9. The van der Waals surface area contributed by atoms with Crippen molar-refractivity contribution in [1.82, 2.24) is 9.21 Å². The van der Waals surface area contributed by atoms with E-state index < -0.39 is 54.7 Å². The number of hydrogen-bond donors (Lipinski definition) is 0. The lowest BCUT2D eigenvalue weighted by molar-refractivity contribution is -0.134. The number of ether oxygens (including phenoxy) is 1. The van der Waals surface area contributed by atoms with Crippen LogP contribution in [0, 0.1) is 29.3 Å². The molecule has 38 heavy (non-hydrogen) atoms. The SMILES string of the molecule is CC(C)(C)[S@](=O)C[C@H](Cc1cc(F)c(F)cc1F)C1C[C@H]2CC[C@@H](C1)N2C(=O)CS(=O)(=O)N1CCOCC1. The van der Waals surface area contributed by atoms with Gasteiger partial charge < -0.3 is 9.64 Å². The molecular weight excluding hydrogens is 541 g/mol. The van der Waals surface area contributed by atoms with Crippen LogP contribution in [0.5, 0.6) is 0 Å². The van der Waals surface area contributed by atoms with Crippen molar-refractivity contribution >= 4 is 26.7 Å². The Labute approximate surface area is 225 Å². The monoisotopic (exact) mass is 578 g/mol. The molecule has 3 fully saturated rings. The number of hydrogen-bond acceptors (Lipinski definition) is 5. The van der Waals surface area contributed by atoms with Gasteiger partial charge in [0.05, 0.1) is 13.2 Å². The summed E-state index contributed by atoms with van der Waals surface area (Å²) in [6, 6.07) is 1.10. The van der Waals surface area contributed by atoms with Gasteiger partial charge in [0.25, 0.3) is 0 Å². The topological polar surface area (TPSA) is 84.0 Å². The fourth-order valence-electron chi connectivity index (χ4n) is 5.97. The fraction of sp³-hybridized carbons (Fsp3) is 0.731. The van der Waals surface area contributed by atoms with Crippen LogP contribution >= 0.6 is 0 Å². The highest BCUT2D eigenvalue weighted by atomic mass is 32.2. The number of fused-ring (bicyclic) bond motifs is 2. The zero-order valence-corrected chi connectivity index (χ0v) is 23.8. The van der Waals surface area contributed by atoms with Crippen molar-refractivity contribution in [3.05, 3.63) is 35.1 Å². The molecule has 1 amide bonds. The molecule has 3 aliphatic rings. The molecule has 12 heteroatoms. The summed E-state index contributed by atoms with van der Waals surface area (Å²) in [5, 5.41) is 0. The number of morpholine rings is 1. The van der Waals surface area contributed by atoms with E-state index in [9.17, 15) is 30.6 Å². The maximum absolute atomic E-state index is 14.6. The number of nitrogens with zero attached hydrogens (tertiary/aromatic N) is 2. The minimum absolute atomic E-state index is 0.0220. The van der Waals surface area contributed by atoms with Gasteiger partial charge in [-0.25, -0.2) is 21.6 Å².